The zero-order chi connectivity index (χ0) is 13.9. The van der Waals surface area contributed by atoms with Gasteiger partial charge in [0, 0.05) is 11.8 Å². The highest BCUT2D eigenvalue weighted by Crippen LogP contribution is 2.49. The maximum absolute atomic E-state index is 6.07. The van der Waals surface area contributed by atoms with E-state index in [9.17, 15) is 0 Å². The number of para-hydroxylation sites is 1. The van der Waals surface area contributed by atoms with Crippen molar-refractivity contribution >= 4 is 17.2 Å². The van der Waals surface area contributed by atoms with Crippen molar-refractivity contribution < 1.29 is 4.74 Å². The SMILES string of the molecule is CCC(C)c1ccccc1OCC1(CC(N)=S)CC1. The van der Waals surface area contributed by atoms with Crippen LogP contribution in [0.1, 0.15) is 51.0 Å². The summed E-state index contributed by atoms with van der Waals surface area (Å²) in [5.74, 6) is 1.55. The maximum atomic E-state index is 6.07. The Morgan fingerprint density at radius 2 is 2.11 bits per heavy atom. The molecule has 2 N–H and O–H groups in total. The minimum Gasteiger partial charge on any atom is -0.493 e. The second-order valence-corrected chi connectivity index (χ2v) is 6.30. The molecule has 3 heteroatoms. The van der Waals surface area contributed by atoms with Crippen molar-refractivity contribution in [3.63, 3.8) is 0 Å². The van der Waals surface area contributed by atoms with Gasteiger partial charge in [0.2, 0.25) is 0 Å². The second-order valence-electron chi connectivity index (χ2n) is 5.78. The van der Waals surface area contributed by atoms with E-state index in [1.54, 1.807) is 0 Å². The Morgan fingerprint density at radius 1 is 1.42 bits per heavy atom. The Bertz CT molecular complexity index is 454. The third-order valence-corrected chi connectivity index (χ3v) is 4.25. The fourth-order valence-corrected chi connectivity index (χ4v) is 2.69. The van der Waals surface area contributed by atoms with E-state index in [4.69, 9.17) is 22.7 Å². The molecule has 1 saturated carbocycles. The first kappa shape index (κ1) is 14.3. The van der Waals surface area contributed by atoms with Crippen molar-refractivity contribution in [2.45, 2.75) is 45.4 Å². The van der Waals surface area contributed by atoms with Gasteiger partial charge in [0.1, 0.15) is 5.75 Å². The number of rotatable bonds is 7. The van der Waals surface area contributed by atoms with Gasteiger partial charge < -0.3 is 10.5 Å². The summed E-state index contributed by atoms with van der Waals surface area (Å²) >= 11 is 5.02. The molecule has 0 radical (unpaired) electrons. The first-order valence-electron chi connectivity index (χ1n) is 7.06. The molecule has 1 aliphatic carbocycles. The quantitative estimate of drug-likeness (QED) is 0.764. The normalized spacial score (nSPS) is 17.8. The van der Waals surface area contributed by atoms with Crippen LogP contribution < -0.4 is 10.5 Å². The first-order chi connectivity index (χ1) is 9.06. The van der Waals surface area contributed by atoms with Gasteiger partial charge in [-0.3, -0.25) is 0 Å². The third-order valence-electron chi connectivity index (χ3n) is 4.10. The Morgan fingerprint density at radius 3 is 2.68 bits per heavy atom. The average molecular weight is 277 g/mol. The molecule has 1 fully saturated rings. The number of ether oxygens (including phenoxy) is 1. The summed E-state index contributed by atoms with van der Waals surface area (Å²) < 4.78 is 6.07. The van der Waals surface area contributed by atoms with Gasteiger partial charge in [0.25, 0.3) is 0 Å². The lowest BCUT2D eigenvalue weighted by molar-refractivity contribution is 0.236. The zero-order valence-electron chi connectivity index (χ0n) is 11.8. The van der Waals surface area contributed by atoms with Crippen LogP contribution in [0.3, 0.4) is 0 Å². The van der Waals surface area contributed by atoms with Crippen LogP contribution in [-0.2, 0) is 0 Å². The van der Waals surface area contributed by atoms with Crippen LogP contribution in [-0.4, -0.2) is 11.6 Å². The summed E-state index contributed by atoms with van der Waals surface area (Å²) in [6.07, 6.45) is 4.29. The van der Waals surface area contributed by atoms with E-state index in [0.717, 1.165) is 25.2 Å². The molecule has 0 aliphatic heterocycles. The van der Waals surface area contributed by atoms with Gasteiger partial charge in [0.05, 0.1) is 11.6 Å². The second kappa shape index (κ2) is 5.91. The maximum Gasteiger partial charge on any atom is 0.122 e. The van der Waals surface area contributed by atoms with E-state index in [1.165, 1.54) is 18.4 Å². The predicted octanol–water partition coefficient (Wildman–Crippen LogP) is 4.04. The highest BCUT2D eigenvalue weighted by Gasteiger charge is 2.44. The minimum atomic E-state index is 0.217. The van der Waals surface area contributed by atoms with Crippen molar-refractivity contribution in [2.75, 3.05) is 6.61 Å². The molecule has 19 heavy (non-hydrogen) atoms. The van der Waals surface area contributed by atoms with E-state index >= 15 is 0 Å². The molecule has 1 aliphatic rings. The summed E-state index contributed by atoms with van der Waals surface area (Å²) in [4.78, 5) is 0.608. The molecule has 0 heterocycles. The Balaban J connectivity index is 2.02. The van der Waals surface area contributed by atoms with Crippen LogP contribution >= 0.6 is 12.2 Å². The molecule has 104 valence electrons. The lowest BCUT2D eigenvalue weighted by Gasteiger charge is -2.19. The number of hydrogen-bond donors (Lipinski definition) is 1. The monoisotopic (exact) mass is 277 g/mol. The van der Waals surface area contributed by atoms with Gasteiger partial charge in [-0.1, -0.05) is 44.3 Å². The van der Waals surface area contributed by atoms with Gasteiger partial charge >= 0.3 is 0 Å². The molecule has 1 aromatic rings. The topological polar surface area (TPSA) is 35.2 Å². The molecular weight excluding hydrogens is 254 g/mol. The number of thiocarbonyl (C=S) groups is 1. The van der Waals surface area contributed by atoms with Crippen LogP contribution in [0.25, 0.3) is 0 Å². The standard InChI is InChI=1S/C16H23NOS/c1-3-12(2)13-6-4-5-7-14(13)18-11-16(8-9-16)10-15(17)19/h4-7,12H,3,8-11H2,1-2H3,(H2,17,19). The van der Waals surface area contributed by atoms with Crippen molar-refractivity contribution in [2.24, 2.45) is 11.1 Å². The molecule has 2 rings (SSSR count). The Labute approximate surface area is 121 Å². The fourth-order valence-electron chi connectivity index (χ4n) is 2.39. The van der Waals surface area contributed by atoms with Crippen molar-refractivity contribution in [3.8, 4) is 5.75 Å². The number of nitrogens with two attached hydrogens (primary N) is 1. The predicted molar refractivity (Wildman–Crippen MR) is 83.7 cm³/mol. The molecular formula is C16H23NOS. The number of hydrogen-bond acceptors (Lipinski definition) is 2. The van der Waals surface area contributed by atoms with Crippen molar-refractivity contribution in [1.29, 1.82) is 0 Å². The molecule has 0 aromatic heterocycles. The Hall–Kier alpha value is -1.09. The molecule has 0 spiro atoms. The van der Waals surface area contributed by atoms with Gasteiger partial charge in [-0.15, -0.1) is 0 Å². The van der Waals surface area contributed by atoms with Crippen LogP contribution in [0.4, 0.5) is 0 Å². The average Bonchev–Trinajstić information content (AvgIpc) is 3.15. The van der Waals surface area contributed by atoms with Crippen LogP contribution in [0, 0.1) is 5.41 Å². The smallest absolute Gasteiger partial charge is 0.122 e. The van der Waals surface area contributed by atoms with Crippen LogP contribution in [0.2, 0.25) is 0 Å². The number of benzene rings is 1. The van der Waals surface area contributed by atoms with Gasteiger partial charge in [0.15, 0.2) is 0 Å². The third kappa shape index (κ3) is 3.69. The summed E-state index contributed by atoms with van der Waals surface area (Å²) in [5, 5.41) is 0. The largest absolute Gasteiger partial charge is 0.493 e. The lowest BCUT2D eigenvalue weighted by Crippen LogP contribution is -2.21. The van der Waals surface area contributed by atoms with E-state index < -0.39 is 0 Å². The molecule has 1 unspecified atom stereocenters. The van der Waals surface area contributed by atoms with Crippen molar-refractivity contribution in [1.82, 2.24) is 0 Å². The molecule has 1 aromatic carbocycles. The highest BCUT2D eigenvalue weighted by molar-refractivity contribution is 7.80. The van der Waals surface area contributed by atoms with Crippen LogP contribution in [0.5, 0.6) is 5.75 Å². The van der Waals surface area contributed by atoms with E-state index in [2.05, 4.69) is 32.0 Å². The summed E-state index contributed by atoms with van der Waals surface area (Å²) in [7, 11) is 0. The molecule has 0 amide bonds. The molecule has 0 bridgehead atoms. The summed E-state index contributed by atoms with van der Waals surface area (Å²) in [6.45, 7) is 5.18. The van der Waals surface area contributed by atoms with E-state index in [1.807, 2.05) is 6.07 Å². The Kier molecular flexibility index (Phi) is 4.46. The summed E-state index contributed by atoms with van der Waals surface area (Å²) in [5.41, 5.74) is 7.18. The van der Waals surface area contributed by atoms with Gasteiger partial charge in [-0.2, -0.15) is 0 Å². The van der Waals surface area contributed by atoms with E-state index in [0.29, 0.717) is 10.9 Å². The molecule has 2 nitrogen and oxygen atoms in total. The minimum absolute atomic E-state index is 0.217. The lowest BCUT2D eigenvalue weighted by atomic mass is 9.97. The molecule has 0 saturated heterocycles. The van der Waals surface area contributed by atoms with Gasteiger partial charge in [-0.25, -0.2) is 0 Å². The van der Waals surface area contributed by atoms with Gasteiger partial charge in [-0.05, 0) is 36.8 Å². The molecule has 1 atom stereocenters. The zero-order valence-corrected chi connectivity index (χ0v) is 12.6. The van der Waals surface area contributed by atoms with E-state index in [-0.39, 0.29) is 5.41 Å². The van der Waals surface area contributed by atoms with Crippen molar-refractivity contribution in [3.05, 3.63) is 29.8 Å². The summed E-state index contributed by atoms with van der Waals surface area (Å²) in [6, 6.07) is 8.35. The highest BCUT2D eigenvalue weighted by atomic mass is 32.1. The fraction of sp³-hybridized carbons (Fsp3) is 0.562. The first-order valence-corrected chi connectivity index (χ1v) is 7.47. The van der Waals surface area contributed by atoms with Crippen LogP contribution in [0.15, 0.2) is 24.3 Å².